The summed E-state index contributed by atoms with van der Waals surface area (Å²) in [6, 6.07) is 9.82. The molecule has 4 rings (SSSR count). The second kappa shape index (κ2) is 9.06. The van der Waals surface area contributed by atoms with Gasteiger partial charge in [0.05, 0.1) is 12.1 Å². The summed E-state index contributed by atoms with van der Waals surface area (Å²) in [5.41, 5.74) is 0.146. The lowest BCUT2D eigenvalue weighted by atomic mass is 9.86. The molecular weight excluding hydrogens is 432 g/mol. The molecule has 1 unspecified atom stereocenters. The van der Waals surface area contributed by atoms with E-state index in [0.717, 1.165) is 31.2 Å². The highest BCUT2D eigenvalue weighted by atomic mass is 16.6. The Kier molecular flexibility index (Phi) is 6.62. The lowest BCUT2D eigenvalue weighted by molar-refractivity contribution is -0.0143. The maximum absolute atomic E-state index is 13.3. The lowest BCUT2D eigenvalue weighted by Crippen LogP contribution is -2.54. The van der Waals surface area contributed by atoms with Crippen LogP contribution in [-0.2, 0) is 20.8 Å². The zero-order chi connectivity index (χ0) is 24.7. The summed E-state index contributed by atoms with van der Waals surface area (Å²) in [6.45, 7) is 11.3. The molecule has 4 atom stereocenters. The third-order valence-corrected chi connectivity index (χ3v) is 7.70. The maximum Gasteiger partial charge on any atom is 0.410 e. The smallest absolute Gasteiger partial charge is 0.410 e. The molecule has 0 aromatic heterocycles. The van der Waals surface area contributed by atoms with E-state index in [1.165, 1.54) is 0 Å². The van der Waals surface area contributed by atoms with Crippen LogP contribution in [0.5, 0.6) is 0 Å². The summed E-state index contributed by atoms with van der Waals surface area (Å²) in [6.07, 6.45) is 3.21. The first-order valence-corrected chi connectivity index (χ1v) is 12.5. The predicted octanol–water partition coefficient (Wildman–Crippen LogP) is 5.23. The van der Waals surface area contributed by atoms with Crippen LogP contribution in [0.4, 0.5) is 9.59 Å². The van der Waals surface area contributed by atoms with Gasteiger partial charge >= 0.3 is 12.2 Å². The molecular formula is C27H40N2O5. The number of carbonyl (C=O) groups is 2. The zero-order valence-electron chi connectivity index (χ0n) is 21.5. The standard InChI is InChI=1S/C27H40N2O5/c1-19(2)29(24(31)33-16-20-10-8-7-9-11-20)22-15-26(22)12-13-27(14-21(27)17-32-6)28(18-26)23(30)34-25(3,4)5/h7-11,19,21-22H,12-18H2,1-6H3/t21-,22?,26-,27+/m0/s1. The van der Waals surface area contributed by atoms with Gasteiger partial charge in [-0.1, -0.05) is 30.3 Å². The SMILES string of the molecule is COC[C@@H]1C[C@]12CC[C@]1(CC1N(C(=O)OCc1ccccc1)C(C)C)CN2C(=O)OC(C)(C)C. The fraction of sp³-hybridized carbons (Fsp3) is 0.704. The van der Waals surface area contributed by atoms with Crippen molar-refractivity contribution in [3.8, 4) is 0 Å². The van der Waals surface area contributed by atoms with E-state index >= 15 is 0 Å². The van der Waals surface area contributed by atoms with Crippen molar-refractivity contribution in [2.75, 3.05) is 20.3 Å². The van der Waals surface area contributed by atoms with Gasteiger partial charge in [0.25, 0.3) is 0 Å². The molecule has 1 aromatic carbocycles. The number of ether oxygens (including phenoxy) is 3. The highest BCUT2D eigenvalue weighted by Crippen LogP contribution is 2.64. The third-order valence-electron chi connectivity index (χ3n) is 7.70. The Morgan fingerprint density at radius 2 is 1.85 bits per heavy atom. The van der Waals surface area contributed by atoms with Crippen LogP contribution in [0.2, 0.25) is 0 Å². The van der Waals surface area contributed by atoms with Gasteiger partial charge in [0, 0.05) is 37.1 Å². The van der Waals surface area contributed by atoms with Gasteiger partial charge in [-0.15, -0.1) is 0 Å². The van der Waals surface area contributed by atoms with Crippen LogP contribution < -0.4 is 0 Å². The number of carbonyl (C=O) groups excluding carboxylic acids is 2. The molecule has 1 aliphatic heterocycles. The molecule has 1 saturated heterocycles. The van der Waals surface area contributed by atoms with Crippen molar-refractivity contribution in [1.29, 1.82) is 0 Å². The van der Waals surface area contributed by atoms with Crippen LogP contribution >= 0.6 is 0 Å². The van der Waals surface area contributed by atoms with E-state index in [2.05, 4.69) is 0 Å². The lowest BCUT2D eigenvalue weighted by Gasteiger charge is -2.43. The first-order valence-electron chi connectivity index (χ1n) is 12.5. The van der Waals surface area contributed by atoms with Gasteiger partial charge in [-0.25, -0.2) is 9.59 Å². The number of likely N-dealkylation sites (tertiary alicyclic amines) is 1. The van der Waals surface area contributed by atoms with E-state index in [1.54, 1.807) is 7.11 Å². The molecule has 3 aliphatic rings. The molecule has 34 heavy (non-hydrogen) atoms. The minimum atomic E-state index is -0.553. The summed E-state index contributed by atoms with van der Waals surface area (Å²) in [5, 5.41) is 0. The number of amides is 2. The predicted molar refractivity (Wildman–Crippen MR) is 129 cm³/mol. The third kappa shape index (κ3) is 4.90. The molecule has 2 aliphatic carbocycles. The van der Waals surface area contributed by atoms with Crippen LogP contribution in [0.1, 0.15) is 65.9 Å². The largest absolute Gasteiger partial charge is 0.445 e. The van der Waals surface area contributed by atoms with Crippen LogP contribution in [-0.4, -0.2) is 65.5 Å². The number of piperidine rings is 1. The van der Waals surface area contributed by atoms with Gasteiger partial charge in [0.2, 0.25) is 0 Å². The van der Waals surface area contributed by atoms with Crippen LogP contribution in [0.15, 0.2) is 30.3 Å². The molecule has 3 fully saturated rings. The molecule has 1 heterocycles. The van der Waals surface area contributed by atoms with Crippen LogP contribution in [0.3, 0.4) is 0 Å². The Balaban J connectivity index is 1.47. The van der Waals surface area contributed by atoms with Crippen molar-refractivity contribution in [1.82, 2.24) is 9.80 Å². The minimum absolute atomic E-state index is 0.0145. The average molecular weight is 473 g/mol. The van der Waals surface area contributed by atoms with Gasteiger partial charge in [-0.05, 0) is 65.9 Å². The van der Waals surface area contributed by atoms with Crippen LogP contribution in [0, 0.1) is 11.3 Å². The fourth-order valence-corrected chi connectivity index (χ4v) is 5.78. The van der Waals surface area contributed by atoms with Gasteiger partial charge in [-0.2, -0.15) is 0 Å². The molecule has 2 amide bonds. The van der Waals surface area contributed by atoms with Gasteiger partial charge in [-0.3, -0.25) is 0 Å². The maximum atomic E-state index is 13.3. The number of methoxy groups -OCH3 is 1. The van der Waals surface area contributed by atoms with Crippen LogP contribution in [0.25, 0.3) is 0 Å². The molecule has 2 saturated carbocycles. The normalized spacial score (nSPS) is 29.9. The van der Waals surface area contributed by atoms with E-state index in [0.29, 0.717) is 19.1 Å². The van der Waals surface area contributed by atoms with E-state index in [-0.39, 0.29) is 41.8 Å². The van der Waals surface area contributed by atoms with Gasteiger partial charge in [0.1, 0.15) is 12.2 Å². The Morgan fingerprint density at radius 1 is 1.15 bits per heavy atom. The Labute approximate surface area is 203 Å². The van der Waals surface area contributed by atoms with Crippen molar-refractivity contribution in [2.24, 2.45) is 11.3 Å². The van der Waals surface area contributed by atoms with E-state index in [4.69, 9.17) is 14.2 Å². The second-order valence-electron chi connectivity index (χ2n) is 11.6. The van der Waals surface area contributed by atoms with Crippen molar-refractivity contribution >= 4 is 12.2 Å². The van der Waals surface area contributed by atoms with Crippen molar-refractivity contribution in [3.63, 3.8) is 0 Å². The topological polar surface area (TPSA) is 68.3 Å². The van der Waals surface area contributed by atoms with E-state index < -0.39 is 5.60 Å². The summed E-state index contributed by atoms with van der Waals surface area (Å²) >= 11 is 0. The number of rotatable bonds is 6. The zero-order valence-corrected chi connectivity index (χ0v) is 21.5. The number of benzene rings is 1. The number of hydrogen-bond donors (Lipinski definition) is 0. The molecule has 0 N–H and O–H groups in total. The second-order valence-corrected chi connectivity index (χ2v) is 11.6. The van der Waals surface area contributed by atoms with Crippen molar-refractivity contribution < 1.29 is 23.8 Å². The molecule has 7 nitrogen and oxygen atoms in total. The van der Waals surface area contributed by atoms with E-state index in [9.17, 15) is 9.59 Å². The first-order chi connectivity index (χ1) is 16.0. The highest BCUT2D eigenvalue weighted by Gasteiger charge is 2.70. The Morgan fingerprint density at radius 3 is 2.47 bits per heavy atom. The molecule has 0 bridgehead atoms. The summed E-state index contributed by atoms with van der Waals surface area (Å²) in [7, 11) is 1.71. The van der Waals surface area contributed by atoms with Crippen molar-refractivity contribution in [3.05, 3.63) is 35.9 Å². The quantitative estimate of drug-likeness (QED) is 0.567. The fourth-order valence-electron chi connectivity index (χ4n) is 5.78. The number of nitrogens with zero attached hydrogens (tertiary/aromatic N) is 2. The monoisotopic (exact) mass is 472 g/mol. The van der Waals surface area contributed by atoms with Gasteiger partial charge in [0.15, 0.2) is 0 Å². The van der Waals surface area contributed by atoms with Crippen molar-refractivity contribution in [2.45, 2.75) is 90.1 Å². The highest BCUT2D eigenvalue weighted by molar-refractivity contribution is 5.72. The Bertz CT molecular complexity index is 898. The van der Waals surface area contributed by atoms with Gasteiger partial charge < -0.3 is 24.0 Å². The minimum Gasteiger partial charge on any atom is -0.445 e. The first kappa shape index (κ1) is 24.8. The molecule has 2 spiro atoms. The summed E-state index contributed by atoms with van der Waals surface area (Å²) < 4.78 is 16.9. The Hall–Kier alpha value is -2.28. The summed E-state index contributed by atoms with van der Waals surface area (Å²) in [4.78, 5) is 30.3. The molecule has 188 valence electrons. The molecule has 1 aromatic rings. The average Bonchev–Trinajstić information content (AvgIpc) is 3.64. The van der Waals surface area contributed by atoms with E-state index in [1.807, 2.05) is 74.8 Å². The molecule has 0 radical (unpaired) electrons. The number of hydrogen-bond acceptors (Lipinski definition) is 5. The summed E-state index contributed by atoms with van der Waals surface area (Å²) in [5.74, 6) is 0.344. The molecule has 7 heteroatoms.